The van der Waals surface area contributed by atoms with Crippen molar-refractivity contribution in [3.8, 4) is 0 Å². The summed E-state index contributed by atoms with van der Waals surface area (Å²) < 4.78 is 0. The molecule has 1 aromatic carbocycles. The Balaban J connectivity index is 2.41. The lowest BCUT2D eigenvalue weighted by molar-refractivity contribution is -0.131. The molecular weight excluding hydrogens is 334 g/mol. The van der Waals surface area contributed by atoms with E-state index in [-0.39, 0.29) is 0 Å². The standard InChI is InChI=1S/C15H23N3O3S2/c1-9(2)23-7-6-12(16)13(19)15(21)18-17-14(20)10-4-3-5-11(22)8-10/h3-5,8-9,12-13,19,22H,6-7,16H2,1-2H3,(H,17,20)(H,18,21)/t12-,13?/m1/s1. The zero-order valence-corrected chi connectivity index (χ0v) is 14.9. The Labute approximate surface area is 146 Å². The van der Waals surface area contributed by atoms with E-state index in [2.05, 4.69) is 37.3 Å². The number of thiol groups is 1. The van der Waals surface area contributed by atoms with Crippen LogP contribution in [0.2, 0.25) is 0 Å². The van der Waals surface area contributed by atoms with Gasteiger partial charge in [0.1, 0.15) is 6.10 Å². The summed E-state index contributed by atoms with van der Waals surface area (Å²) in [5.74, 6) is -0.475. The number of hydrogen-bond acceptors (Lipinski definition) is 6. The molecule has 0 saturated carbocycles. The van der Waals surface area contributed by atoms with E-state index in [1.807, 2.05) is 0 Å². The molecule has 0 bridgehead atoms. The van der Waals surface area contributed by atoms with Gasteiger partial charge in [-0.05, 0) is 35.6 Å². The maximum Gasteiger partial charge on any atom is 0.269 e. The second-order valence-electron chi connectivity index (χ2n) is 5.31. The van der Waals surface area contributed by atoms with E-state index in [1.54, 1.807) is 36.0 Å². The van der Waals surface area contributed by atoms with Crippen LogP contribution in [-0.2, 0) is 4.79 Å². The molecule has 0 aliphatic rings. The van der Waals surface area contributed by atoms with Crippen LogP contribution in [0.5, 0.6) is 0 Å². The molecule has 23 heavy (non-hydrogen) atoms. The van der Waals surface area contributed by atoms with Crippen LogP contribution in [0.3, 0.4) is 0 Å². The van der Waals surface area contributed by atoms with E-state index < -0.39 is 24.0 Å². The quantitative estimate of drug-likeness (QED) is 0.369. The van der Waals surface area contributed by atoms with E-state index >= 15 is 0 Å². The number of hydrogen-bond donors (Lipinski definition) is 5. The van der Waals surface area contributed by atoms with Crippen LogP contribution in [0.1, 0.15) is 30.6 Å². The van der Waals surface area contributed by atoms with Crippen molar-refractivity contribution in [1.82, 2.24) is 10.9 Å². The van der Waals surface area contributed by atoms with Crippen LogP contribution in [-0.4, -0.2) is 40.1 Å². The van der Waals surface area contributed by atoms with Gasteiger partial charge >= 0.3 is 0 Å². The Morgan fingerprint density at radius 2 is 2.04 bits per heavy atom. The normalized spacial score (nSPS) is 13.5. The van der Waals surface area contributed by atoms with E-state index in [1.165, 1.54) is 0 Å². The first-order valence-corrected chi connectivity index (χ1v) is 8.75. The Morgan fingerprint density at radius 1 is 1.35 bits per heavy atom. The molecule has 5 N–H and O–H groups in total. The molecule has 0 fully saturated rings. The molecule has 6 nitrogen and oxygen atoms in total. The predicted molar refractivity (Wildman–Crippen MR) is 95.5 cm³/mol. The number of amides is 2. The highest BCUT2D eigenvalue weighted by molar-refractivity contribution is 7.99. The van der Waals surface area contributed by atoms with Gasteiger partial charge < -0.3 is 10.8 Å². The number of nitrogens with one attached hydrogen (secondary N) is 2. The van der Waals surface area contributed by atoms with Gasteiger partial charge in [0.15, 0.2) is 0 Å². The van der Waals surface area contributed by atoms with Gasteiger partial charge in [-0.1, -0.05) is 19.9 Å². The van der Waals surface area contributed by atoms with Crippen molar-refractivity contribution < 1.29 is 14.7 Å². The monoisotopic (exact) mass is 357 g/mol. The molecule has 0 saturated heterocycles. The number of carbonyl (C=O) groups is 2. The first kappa shape index (κ1) is 19.8. The first-order valence-electron chi connectivity index (χ1n) is 7.25. The molecule has 1 aromatic rings. The predicted octanol–water partition coefficient (Wildman–Crippen LogP) is 0.956. The average molecular weight is 358 g/mol. The second kappa shape index (κ2) is 9.82. The zero-order valence-electron chi connectivity index (χ0n) is 13.2. The van der Waals surface area contributed by atoms with E-state index in [9.17, 15) is 14.7 Å². The SMILES string of the molecule is CC(C)SCC[C@@H](N)C(O)C(=O)NNC(=O)c1cccc(S)c1. The molecule has 128 valence electrons. The third-order valence-electron chi connectivity index (χ3n) is 2.98. The summed E-state index contributed by atoms with van der Waals surface area (Å²) in [6.07, 6.45) is -0.869. The fraction of sp³-hybridized carbons (Fsp3) is 0.467. The Kier molecular flexibility index (Phi) is 8.46. The number of benzene rings is 1. The third kappa shape index (κ3) is 7.26. The summed E-state index contributed by atoms with van der Waals surface area (Å²) in [5, 5.41) is 10.3. The van der Waals surface area contributed by atoms with Crippen molar-refractivity contribution in [3.63, 3.8) is 0 Å². The van der Waals surface area contributed by atoms with Crippen molar-refractivity contribution in [1.29, 1.82) is 0 Å². The summed E-state index contributed by atoms with van der Waals surface area (Å²) in [5.41, 5.74) is 10.6. The van der Waals surface area contributed by atoms with Gasteiger partial charge in [-0.2, -0.15) is 11.8 Å². The molecule has 0 aliphatic carbocycles. The number of rotatable bonds is 7. The van der Waals surface area contributed by atoms with Crippen molar-refractivity contribution in [3.05, 3.63) is 29.8 Å². The molecule has 0 spiro atoms. The van der Waals surface area contributed by atoms with Gasteiger partial charge in [0, 0.05) is 16.5 Å². The van der Waals surface area contributed by atoms with Gasteiger partial charge in [-0.15, -0.1) is 12.6 Å². The summed E-state index contributed by atoms with van der Waals surface area (Å²) in [6.45, 7) is 4.13. The number of hydrazine groups is 1. The van der Waals surface area contributed by atoms with E-state index in [0.717, 1.165) is 5.75 Å². The molecule has 1 unspecified atom stereocenters. The smallest absolute Gasteiger partial charge is 0.269 e. The van der Waals surface area contributed by atoms with Crippen LogP contribution in [0, 0.1) is 0 Å². The number of aliphatic hydroxyl groups is 1. The fourth-order valence-electron chi connectivity index (χ4n) is 1.70. The summed E-state index contributed by atoms with van der Waals surface area (Å²) in [4.78, 5) is 24.3. The van der Waals surface area contributed by atoms with Crippen molar-refractivity contribution in [2.45, 2.75) is 42.6 Å². The molecule has 0 radical (unpaired) electrons. The van der Waals surface area contributed by atoms with Crippen LogP contribution < -0.4 is 16.6 Å². The maximum atomic E-state index is 11.9. The summed E-state index contributed by atoms with van der Waals surface area (Å²) in [7, 11) is 0. The minimum Gasteiger partial charge on any atom is -0.382 e. The van der Waals surface area contributed by atoms with Gasteiger partial charge in [0.05, 0.1) is 0 Å². The zero-order chi connectivity index (χ0) is 17.4. The van der Waals surface area contributed by atoms with Gasteiger partial charge in [0.2, 0.25) is 0 Å². The highest BCUT2D eigenvalue weighted by Gasteiger charge is 2.23. The van der Waals surface area contributed by atoms with Crippen LogP contribution in [0.4, 0.5) is 0 Å². The number of aliphatic hydroxyl groups excluding tert-OH is 1. The first-order chi connectivity index (χ1) is 10.8. The maximum absolute atomic E-state index is 11.9. The number of thioether (sulfide) groups is 1. The molecule has 2 atom stereocenters. The summed E-state index contributed by atoms with van der Waals surface area (Å²) >= 11 is 5.84. The van der Waals surface area contributed by atoms with Crippen LogP contribution in [0.15, 0.2) is 29.2 Å². The van der Waals surface area contributed by atoms with Crippen molar-refractivity contribution >= 4 is 36.2 Å². The highest BCUT2D eigenvalue weighted by Crippen LogP contribution is 2.12. The van der Waals surface area contributed by atoms with Gasteiger partial charge in [0.25, 0.3) is 11.8 Å². The highest BCUT2D eigenvalue weighted by atomic mass is 32.2. The minimum absolute atomic E-state index is 0.352. The largest absolute Gasteiger partial charge is 0.382 e. The third-order valence-corrected chi connectivity index (χ3v) is 4.40. The fourth-order valence-corrected chi connectivity index (χ4v) is 2.81. The van der Waals surface area contributed by atoms with Crippen LogP contribution in [0.25, 0.3) is 0 Å². The van der Waals surface area contributed by atoms with Crippen molar-refractivity contribution in [2.24, 2.45) is 5.73 Å². The number of nitrogens with two attached hydrogens (primary N) is 1. The lowest BCUT2D eigenvalue weighted by Crippen LogP contribution is -2.52. The molecule has 0 aromatic heterocycles. The topological polar surface area (TPSA) is 104 Å². The summed E-state index contributed by atoms with van der Waals surface area (Å²) in [6, 6.07) is 5.88. The number of carbonyl (C=O) groups excluding carboxylic acids is 2. The molecule has 2 amide bonds. The second-order valence-corrected chi connectivity index (χ2v) is 7.51. The molecule has 1 rings (SSSR count). The molecular formula is C15H23N3O3S2. The van der Waals surface area contributed by atoms with Crippen LogP contribution >= 0.6 is 24.4 Å². The minimum atomic E-state index is -1.38. The molecule has 8 heteroatoms. The molecule has 0 aliphatic heterocycles. The van der Waals surface area contributed by atoms with E-state index in [4.69, 9.17) is 5.73 Å². The Morgan fingerprint density at radius 3 is 2.65 bits per heavy atom. The molecule has 0 heterocycles. The Bertz CT molecular complexity index is 540. The van der Waals surface area contributed by atoms with Gasteiger partial charge in [-0.25, -0.2) is 0 Å². The Hall–Kier alpha value is -1.22. The van der Waals surface area contributed by atoms with Crippen molar-refractivity contribution in [2.75, 3.05) is 5.75 Å². The lowest BCUT2D eigenvalue weighted by atomic mass is 10.1. The lowest BCUT2D eigenvalue weighted by Gasteiger charge is -2.18. The average Bonchev–Trinajstić information content (AvgIpc) is 2.50. The van der Waals surface area contributed by atoms with E-state index in [0.29, 0.717) is 22.1 Å². The van der Waals surface area contributed by atoms with Gasteiger partial charge in [-0.3, -0.25) is 20.4 Å².